The first kappa shape index (κ1) is 23.6. The number of nitrogens with one attached hydrogen (secondary N) is 1. The molecule has 1 fully saturated rings. The maximum absolute atomic E-state index is 14.6. The molecule has 9 nitrogen and oxygen atoms in total. The quantitative estimate of drug-likeness (QED) is 0.433. The van der Waals surface area contributed by atoms with Gasteiger partial charge in [-0.05, 0) is 50.2 Å². The Labute approximate surface area is 205 Å². The molecule has 1 amide bonds. The third-order valence-corrected chi connectivity index (χ3v) is 6.33. The highest BCUT2D eigenvalue weighted by Gasteiger charge is 2.26. The topological polar surface area (TPSA) is 111 Å². The van der Waals surface area contributed by atoms with Crippen molar-refractivity contribution in [2.75, 3.05) is 30.8 Å². The molecule has 4 aromatic rings. The number of nitrogen functional groups attached to an aromatic ring is 1. The molecule has 11 heteroatoms. The Hall–Kier alpha value is -4.12. The molecule has 0 radical (unpaired) electrons. The Morgan fingerprint density at radius 3 is 2.64 bits per heavy atom. The van der Waals surface area contributed by atoms with Gasteiger partial charge in [0.25, 0.3) is 0 Å². The highest BCUT2D eigenvalue weighted by molar-refractivity contribution is 6.02. The molecule has 5 rings (SSSR count). The van der Waals surface area contributed by atoms with Crippen molar-refractivity contribution in [2.24, 2.45) is 0 Å². The number of piperidine rings is 1. The Morgan fingerprint density at radius 1 is 1.14 bits per heavy atom. The summed E-state index contributed by atoms with van der Waals surface area (Å²) in [6.45, 7) is 3.02. The van der Waals surface area contributed by atoms with E-state index in [1.54, 1.807) is 18.2 Å². The molecule has 1 saturated heterocycles. The highest BCUT2D eigenvalue weighted by Crippen LogP contribution is 2.40. The van der Waals surface area contributed by atoms with Gasteiger partial charge < -0.3 is 15.8 Å². The number of nitrogens with two attached hydrogens (primary N) is 1. The first-order valence-corrected chi connectivity index (χ1v) is 11.5. The Balaban J connectivity index is 1.65. The molecule has 0 saturated carbocycles. The molecule has 3 N–H and O–H groups in total. The van der Waals surface area contributed by atoms with E-state index >= 15 is 0 Å². The predicted molar refractivity (Wildman–Crippen MR) is 132 cm³/mol. The summed E-state index contributed by atoms with van der Waals surface area (Å²) in [5, 5.41) is 8.84. The molecule has 1 aliphatic heterocycles. The Morgan fingerprint density at radius 2 is 1.92 bits per heavy atom. The van der Waals surface area contributed by atoms with Crippen LogP contribution in [0.1, 0.15) is 25.8 Å². The second kappa shape index (κ2) is 9.50. The summed E-state index contributed by atoms with van der Waals surface area (Å²) in [7, 11) is 1.44. The van der Waals surface area contributed by atoms with Crippen LogP contribution in [0.4, 0.5) is 26.0 Å². The van der Waals surface area contributed by atoms with E-state index in [1.165, 1.54) is 20.4 Å². The highest BCUT2D eigenvalue weighted by atomic mass is 19.1. The van der Waals surface area contributed by atoms with Crippen molar-refractivity contribution >= 4 is 34.1 Å². The number of ether oxygens (including phenoxy) is 1. The lowest BCUT2D eigenvalue weighted by Crippen LogP contribution is -2.30. The zero-order valence-corrected chi connectivity index (χ0v) is 19.8. The van der Waals surface area contributed by atoms with Crippen molar-refractivity contribution in [3.8, 4) is 17.0 Å². The maximum atomic E-state index is 14.6. The fourth-order valence-corrected chi connectivity index (χ4v) is 4.64. The molecule has 0 atom stereocenters. The fourth-order valence-electron chi connectivity index (χ4n) is 4.64. The predicted octanol–water partition coefficient (Wildman–Crippen LogP) is 3.97. The van der Waals surface area contributed by atoms with E-state index in [0.29, 0.717) is 28.1 Å². The molecular formula is C25H25F2N7O2. The molecule has 0 aliphatic carbocycles. The number of carbonyl (C=O) groups is 1. The zero-order chi connectivity index (χ0) is 25.4. The second-order valence-corrected chi connectivity index (χ2v) is 8.57. The van der Waals surface area contributed by atoms with Crippen LogP contribution < -0.4 is 20.7 Å². The minimum Gasteiger partial charge on any atom is -0.495 e. The third-order valence-electron chi connectivity index (χ3n) is 6.33. The van der Waals surface area contributed by atoms with Crippen LogP contribution in [0.5, 0.6) is 5.75 Å². The van der Waals surface area contributed by atoms with Gasteiger partial charge in [0.15, 0.2) is 5.65 Å². The summed E-state index contributed by atoms with van der Waals surface area (Å²) < 4.78 is 36.0. The molecule has 2 aromatic carbocycles. The molecule has 1 aliphatic rings. The van der Waals surface area contributed by atoms with Crippen molar-refractivity contribution in [3.63, 3.8) is 0 Å². The largest absolute Gasteiger partial charge is 0.495 e. The van der Waals surface area contributed by atoms with E-state index in [0.717, 1.165) is 49.0 Å². The smallest absolute Gasteiger partial charge is 0.228 e. The van der Waals surface area contributed by atoms with Crippen LogP contribution in [0, 0.1) is 11.6 Å². The molecule has 3 heterocycles. The van der Waals surface area contributed by atoms with Gasteiger partial charge in [0.05, 0.1) is 29.9 Å². The van der Waals surface area contributed by atoms with Crippen molar-refractivity contribution < 1.29 is 18.3 Å². The number of carbonyl (C=O) groups excluding carboxylic acids is 1. The van der Waals surface area contributed by atoms with Gasteiger partial charge in [-0.2, -0.15) is 5.10 Å². The average molecular weight is 494 g/mol. The van der Waals surface area contributed by atoms with Gasteiger partial charge in [-0.1, -0.05) is 6.07 Å². The van der Waals surface area contributed by atoms with Crippen LogP contribution in [0.25, 0.3) is 22.3 Å². The van der Waals surface area contributed by atoms with Crippen molar-refractivity contribution in [1.29, 1.82) is 0 Å². The number of hydrogen-bond acceptors (Lipinski definition) is 7. The van der Waals surface area contributed by atoms with E-state index in [9.17, 15) is 13.6 Å². The summed E-state index contributed by atoms with van der Waals surface area (Å²) >= 11 is 0. The number of hydrogen-bond donors (Lipinski definition) is 2. The van der Waals surface area contributed by atoms with Crippen molar-refractivity contribution in [3.05, 3.63) is 54.4 Å². The van der Waals surface area contributed by atoms with Gasteiger partial charge in [0.2, 0.25) is 5.91 Å². The van der Waals surface area contributed by atoms with Crippen LogP contribution in [-0.4, -0.2) is 45.9 Å². The summed E-state index contributed by atoms with van der Waals surface area (Å²) in [6, 6.07) is 8.11. The summed E-state index contributed by atoms with van der Waals surface area (Å²) in [4.78, 5) is 22.3. The van der Waals surface area contributed by atoms with Gasteiger partial charge >= 0.3 is 0 Å². The number of benzene rings is 2. The monoisotopic (exact) mass is 493 g/mol. The van der Waals surface area contributed by atoms with Gasteiger partial charge in [-0.25, -0.2) is 23.4 Å². The fraction of sp³-hybridized carbons (Fsp3) is 0.280. The molecule has 0 unspecified atom stereocenters. The normalized spacial score (nSPS) is 14.2. The Kier molecular flexibility index (Phi) is 6.23. The van der Waals surface area contributed by atoms with Gasteiger partial charge in [-0.3, -0.25) is 9.69 Å². The molecule has 36 heavy (non-hydrogen) atoms. The van der Waals surface area contributed by atoms with E-state index in [1.807, 2.05) is 4.68 Å². The first-order chi connectivity index (χ1) is 17.4. The van der Waals surface area contributed by atoms with E-state index in [4.69, 9.17) is 15.6 Å². The van der Waals surface area contributed by atoms with Crippen molar-refractivity contribution in [2.45, 2.75) is 25.8 Å². The number of fused-ring (bicyclic) bond motifs is 1. The van der Waals surface area contributed by atoms with E-state index in [2.05, 4.69) is 15.3 Å². The lowest BCUT2D eigenvalue weighted by molar-refractivity contribution is -0.115. The summed E-state index contributed by atoms with van der Waals surface area (Å²) in [5.74, 6) is -1.35. The first-order valence-electron chi connectivity index (χ1n) is 11.5. The standard InChI is InChI=1S/C25H25F2N7O2/c1-14(35)33(20-12-16(26)4-5-18(20)27)19-6-3-15(11-21(19)36-2)23-22-24(28)30-13-31-25(22)34(32-23)17-7-9-29-10-8-17/h3-6,11-13,17,29H,7-10H2,1-2H3,(H2,28,30,31). The molecule has 2 aromatic heterocycles. The van der Waals surface area contributed by atoms with Gasteiger partial charge in [-0.15, -0.1) is 0 Å². The lowest BCUT2D eigenvalue weighted by Gasteiger charge is -2.24. The number of rotatable bonds is 5. The average Bonchev–Trinajstić information content (AvgIpc) is 3.28. The number of anilines is 3. The van der Waals surface area contributed by atoms with Crippen LogP contribution in [-0.2, 0) is 4.79 Å². The summed E-state index contributed by atoms with van der Waals surface area (Å²) in [6.07, 6.45) is 3.22. The molecule has 0 bridgehead atoms. The third kappa shape index (κ3) is 4.11. The van der Waals surface area contributed by atoms with Crippen LogP contribution >= 0.6 is 0 Å². The number of methoxy groups -OCH3 is 1. The summed E-state index contributed by atoms with van der Waals surface area (Å²) in [5.41, 5.74) is 8.15. The lowest BCUT2D eigenvalue weighted by atomic mass is 10.1. The Bertz CT molecular complexity index is 1450. The van der Waals surface area contributed by atoms with Crippen LogP contribution in [0.15, 0.2) is 42.7 Å². The van der Waals surface area contributed by atoms with Gasteiger partial charge in [0.1, 0.15) is 35.2 Å². The van der Waals surface area contributed by atoms with Crippen LogP contribution in [0.3, 0.4) is 0 Å². The number of halogens is 2. The maximum Gasteiger partial charge on any atom is 0.228 e. The van der Waals surface area contributed by atoms with E-state index < -0.39 is 17.5 Å². The SMILES string of the molecule is COc1cc(-c2nn(C3CCNCC3)c3ncnc(N)c23)ccc1N(C(C)=O)c1cc(F)ccc1F. The minimum atomic E-state index is -0.741. The van der Waals surface area contributed by atoms with E-state index in [-0.39, 0.29) is 23.2 Å². The number of nitrogens with zero attached hydrogens (tertiary/aromatic N) is 5. The van der Waals surface area contributed by atoms with Crippen molar-refractivity contribution in [1.82, 2.24) is 25.1 Å². The number of amides is 1. The molecular weight excluding hydrogens is 468 g/mol. The minimum absolute atomic E-state index is 0.155. The zero-order valence-electron chi connectivity index (χ0n) is 19.8. The van der Waals surface area contributed by atoms with Crippen LogP contribution in [0.2, 0.25) is 0 Å². The molecule has 186 valence electrons. The second-order valence-electron chi connectivity index (χ2n) is 8.57. The number of aromatic nitrogens is 4. The molecule has 0 spiro atoms. The van der Waals surface area contributed by atoms with Gasteiger partial charge in [0, 0.05) is 18.6 Å².